The van der Waals surface area contributed by atoms with Crippen molar-refractivity contribution in [2.45, 2.75) is 0 Å². The zero-order valence-corrected chi connectivity index (χ0v) is 10.6. The van der Waals surface area contributed by atoms with E-state index < -0.39 is 0 Å². The topological polar surface area (TPSA) is 29.0 Å². The van der Waals surface area contributed by atoms with Gasteiger partial charge in [0.05, 0.1) is 11.2 Å². The summed E-state index contributed by atoms with van der Waals surface area (Å²) < 4.78 is 0.941. The van der Waals surface area contributed by atoms with E-state index in [0.29, 0.717) is 0 Å². The fraction of sp³-hybridized carbons (Fsp3) is 0.167. The second kappa shape index (κ2) is 4.61. The Labute approximate surface area is 103 Å². The summed E-state index contributed by atoms with van der Waals surface area (Å²) in [5, 5.41) is 0. The Morgan fingerprint density at radius 2 is 2.31 bits per heavy atom. The van der Waals surface area contributed by atoms with E-state index >= 15 is 0 Å². The van der Waals surface area contributed by atoms with Crippen molar-refractivity contribution in [2.24, 2.45) is 0 Å². The molecule has 0 saturated heterocycles. The van der Waals surface area contributed by atoms with Crippen LogP contribution in [0.5, 0.6) is 0 Å². The van der Waals surface area contributed by atoms with E-state index in [1.807, 2.05) is 25.3 Å². The summed E-state index contributed by atoms with van der Waals surface area (Å²) in [6.07, 6.45) is 5.45. The first-order valence-electron chi connectivity index (χ1n) is 4.94. The lowest BCUT2D eigenvalue weighted by Crippen LogP contribution is -2.17. The quantitative estimate of drug-likeness (QED) is 0.808. The number of anilines is 1. The van der Waals surface area contributed by atoms with E-state index in [2.05, 4.69) is 37.4 Å². The first-order valence-corrected chi connectivity index (χ1v) is 5.74. The van der Waals surface area contributed by atoms with Crippen molar-refractivity contribution in [2.75, 3.05) is 18.5 Å². The third-order valence-corrected chi connectivity index (χ3v) is 2.77. The smallest absolute Gasteiger partial charge is 0.112 e. The molecule has 0 spiro atoms. The van der Waals surface area contributed by atoms with Crippen LogP contribution in [0.4, 0.5) is 5.69 Å². The summed E-state index contributed by atoms with van der Waals surface area (Å²) in [7, 11) is 2.01. The van der Waals surface area contributed by atoms with Gasteiger partial charge in [0.25, 0.3) is 0 Å². The fourth-order valence-corrected chi connectivity index (χ4v) is 1.91. The molecule has 0 amide bonds. The molecule has 0 bridgehead atoms. The number of hydrogen-bond acceptors (Lipinski definition) is 3. The largest absolute Gasteiger partial charge is 0.369 e. The summed E-state index contributed by atoms with van der Waals surface area (Å²) in [4.78, 5) is 10.8. The number of hydrogen-bond donors (Lipinski definition) is 0. The number of fused-ring (bicyclic) bond motifs is 1. The van der Waals surface area contributed by atoms with Crippen molar-refractivity contribution in [3.8, 4) is 0 Å². The third kappa shape index (κ3) is 2.07. The molecule has 2 rings (SSSR count). The Balaban J connectivity index is 2.57. The van der Waals surface area contributed by atoms with Crippen molar-refractivity contribution < 1.29 is 0 Å². The molecule has 0 atom stereocenters. The Kier molecular flexibility index (Phi) is 3.19. The molecule has 3 nitrogen and oxygen atoms in total. The molecule has 82 valence electrons. The van der Waals surface area contributed by atoms with Crippen molar-refractivity contribution in [3.05, 3.63) is 41.7 Å². The van der Waals surface area contributed by atoms with Crippen LogP contribution < -0.4 is 4.90 Å². The summed E-state index contributed by atoms with van der Waals surface area (Å²) >= 11 is 3.39. The minimum absolute atomic E-state index is 0.789. The monoisotopic (exact) mass is 277 g/mol. The minimum Gasteiger partial charge on any atom is -0.369 e. The maximum Gasteiger partial charge on any atom is 0.112 e. The van der Waals surface area contributed by atoms with Crippen LogP contribution in [0.25, 0.3) is 11.0 Å². The van der Waals surface area contributed by atoms with E-state index in [9.17, 15) is 0 Å². The van der Waals surface area contributed by atoms with E-state index in [1.54, 1.807) is 12.4 Å². The van der Waals surface area contributed by atoms with Crippen LogP contribution in [0.15, 0.2) is 41.7 Å². The predicted octanol–water partition coefficient (Wildman–Crippen LogP) is 3.01. The van der Waals surface area contributed by atoms with Gasteiger partial charge in [0.15, 0.2) is 0 Å². The molecule has 0 saturated carbocycles. The van der Waals surface area contributed by atoms with E-state index in [4.69, 9.17) is 0 Å². The predicted molar refractivity (Wildman–Crippen MR) is 70.7 cm³/mol. The molecule has 2 aromatic heterocycles. The Hall–Kier alpha value is -1.42. The van der Waals surface area contributed by atoms with Crippen LogP contribution >= 0.6 is 15.9 Å². The highest BCUT2D eigenvalue weighted by Gasteiger charge is 2.06. The van der Waals surface area contributed by atoms with Crippen LogP contribution in [0.1, 0.15) is 0 Å². The van der Waals surface area contributed by atoms with Crippen molar-refractivity contribution in [3.63, 3.8) is 0 Å². The van der Waals surface area contributed by atoms with Gasteiger partial charge in [0.2, 0.25) is 0 Å². The summed E-state index contributed by atoms with van der Waals surface area (Å²) in [6.45, 7) is 4.52. The highest BCUT2D eigenvalue weighted by molar-refractivity contribution is 9.10. The summed E-state index contributed by atoms with van der Waals surface area (Å²) in [5.41, 5.74) is 2.87. The molecular formula is C12H12BrN3. The fourth-order valence-electron chi connectivity index (χ4n) is 1.59. The molecule has 2 aromatic rings. The molecule has 0 aliphatic rings. The maximum absolute atomic E-state index is 4.40. The molecular weight excluding hydrogens is 266 g/mol. The Bertz CT molecular complexity index is 525. The van der Waals surface area contributed by atoms with Crippen molar-refractivity contribution in [1.82, 2.24) is 9.97 Å². The lowest BCUT2D eigenvalue weighted by atomic mass is 10.2. The lowest BCUT2D eigenvalue weighted by Gasteiger charge is -2.18. The second-order valence-corrected chi connectivity index (χ2v) is 4.44. The number of pyridine rings is 2. The van der Waals surface area contributed by atoms with Gasteiger partial charge in [-0.2, -0.15) is 0 Å². The zero-order valence-electron chi connectivity index (χ0n) is 9.02. The Morgan fingerprint density at radius 1 is 1.50 bits per heavy atom. The van der Waals surface area contributed by atoms with Crippen LogP contribution in [0, 0.1) is 0 Å². The molecule has 0 N–H and O–H groups in total. The SMILES string of the molecule is C=CCN(C)c1ccnc2cc(Br)cnc12. The normalized spacial score (nSPS) is 10.4. The average Bonchev–Trinajstić information content (AvgIpc) is 2.28. The number of rotatable bonds is 3. The van der Waals surface area contributed by atoms with Crippen LogP contribution in [0.3, 0.4) is 0 Å². The molecule has 0 aromatic carbocycles. The summed E-state index contributed by atoms with van der Waals surface area (Å²) in [6, 6.07) is 3.93. The number of halogens is 1. The molecule has 0 unspecified atom stereocenters. The molecule has 0 aliphatic heterocycles. The Morgan fingerprint density at radius 3 is 3.06 bits per heavy atom. The standard InChI is InChI=1S/C12H12BrN3/c1-3-6-16(2)11-4-5-14-10-7-9(13)8-15-12(10)11/h3-5,7-8H,1,6H2,2H3. The first kappa shape index (κ1) is 11.1. The van der Waals surface area contributed by atoms with Crippen LogP contribution in [-0.4, -0.2) is 23.6 Å². The van der Waals surface area contributed by atoms with Crippen molar-refractivity contribution >= 4 is 32.7 Å². The molecule has 0 fully saturated rings. The molecule has 0 radical (unpaired) electrons. The molecule has 2 heterocycles. The van der Waals surface area contributed by atoms with E-state index in [0.717, 1.165) is 27.7 Å². The highest BCUT2D eigenvalue weighted by Crippen LogP contribution is 2.24. The number of nitrogens with zero attached hydrogens (tertiary/aromatic N) is 3. The lowest BCUT2D eigenvalue weighted by molar-refractivity contribution is 1.03. The van der Waals surface area contributed by atoms with Gasteiger partial charge in [-0.05, 0) is 28.1 Å². The van der Waals surface area contributed by atoms with Crippen molar-refractivity contribution in [1.29, 1.82) is 0 Å². The first-order chi connectivity index (χ1) is 7.72. The van der Waals surface area contributed by atoms with Gasteiger partial charge < -0.3 is 4.90 Å². The van der Waals surface area contributed by atoms with Crippen LogP contribution in [-0.2, 0) is 0 Å². The number of aromatic nitrogens is 2. The second-order valence-electron chi connectivity index (χ2n) is 3.52. The van der Waals surface area contributed by atoms with Gasteiger partial charge in [-0.15, -0.1) is 6.58 Å². The minimum atomic E-state index is 0.789. The van der Waals surface area contributed by atoms with E-state index in [-0.39, 0.29) is 0 Å². The van der Waals surface area contributed by atoms with Gasteiger partial charge in [0.1, 0.15) is 5.52 Å². The average molecular weight is 278 g/mol. The number of likely N-dealkylation sites (N-methyl/N-ethyl adjacent to an activating group) is 1. The molecule has 0 aliphatic carbocycles. The zero-order chi connectivity index (χ0) is 11.5. The van der Waals surface area contributed by atoms with Gasteiger partial charge in [-0.1, -0.05) is 6.08 Å². The van der Waals surface area contributed by atoms with Gasteiger partial charge in [-0.25, -0.2) is 0 Å². The van der Waals surface area contributed by atoms with Gasteiger partial charge in [-0.3, -0.25) is 9.97 Å². The molecule has 4 heteroatoms. The van der Waals surface area contributed by atoms with Gasteiger partial charge in [0, 0.05) is 30.5 Å². The molecule has 16 heavy (non-hydrogen) atoms. The summed E-state index contributed by atoms with van der Waals surface area (Å²) in [5.74, 6) is 0. The van der Waals surface area contributed by atoms with Crippen LogP contribution in [0.2, 0.25) is 0 Å². The van der Waals surface area contributed by atoms with Gasteiger partial charge >= 0.3 is 0 Å². The third-order valence-electron chi connectivity index (χ3n) is 2.34. The van der Waals surface area contributed by atoms with E-state index in [1.165, 1.54) is 0 Å². The highest BCUT2D eigenvalue weighted by atomic mass is 79.9. The maximum atomic E-state index is 4.40.